The Morgan fingerprint density at radius 2 is 2.19 bits per heavy atom. The van der Waals surface area contributed by atoms with E-state index in [9.17, 15) is 9.90 Å². The van der Waals surface area contributed by atoms with Gasteiger partial charge in [-0.05, 0) is 32.1 Å². The molecule has 3 unspecified atom stereocenters. The number of carbonyl (C=O) groups is 1. The monoisotopic (exact) mass is 229 g/mol. The molecule has 0 radical (unpaired) electrons. The Labute approximate surface area is 97.2 Å². The predicted molar refractivity (Wildman–Crippen MR) is 62.1 cm³/mol. The van der Waals surface area contributed by atoms with Crippen LogP contribution in [0.25, 0.3) is 0 Å². The average molecular weight is 229 g/mol. The number of nitrogens with two attached hydrogens (primary N) is 1. The molecular formula is C12H23NO3. The maximum absolute atomic E-state index is 11.4. The molecule has 1 aliphatic rings. The molecular weight excluding hydrogens is 206 g/mol. The molecule has 1 saturated heterocycles. The molecule has 0 aromatic heterocycles. The third-order valence-corrected chi connectivity index (χ3v) is 3.81. The summed E-state index contributed by atoms with van der Waals surface area (Å²) in [5, 5.41) is 9.38. The van der Waals surface area contributed by atoms with E-state index in [1.165, 1.54) is 0 Å². The summed E-state index contributed by atoms with van der Waals surface area (Å²) in [4.78, 5) is 11.4. The van der Waals surface area contributed by atoms with Crippen molar-refractivity contribution in [3.05, 3.63) is 0 Å². The number of rotatable bonds is 5. The normalized spacial score (nSPS) is 29.3. The van der Waals surface area contributed by atoms with Crippen molar-refractivity contribution < 1.29 is 14.6 Å². The maximum Gasteiger partial charge on any atom is 0.311 e. The van der Waals surface area contributed by atoms with Crippen LogP contribution in [-0.4, -0.2) is 29.8 Å². The molecule has 0 spiro atoms. The number of carboxylic acid groups (broad SMARTS) is 1. The Morgan fingerprint density at radius 3 is 2.50 bits per heavy atom. The van der Waals surface area contributed by atoms with Crippen LogP contribution in [0.5, 0.6) is 0 Å². The van der Waals surface area contributed by atoms with Gasteiger partial charge >= 0.3 is 5.97 Å². The Balaban J connectivity index is 2.74. The first kappa shape index (κ1) is 13.5. The fourth-order valence-corrected chi connectivity index (χ4v) is 2.42. The predicted octanol–water partition coefficient (Wildman–Crippen LogP) is 1.63. The van der Waals surface area contributed by atoms with Crippen LogP contribution < -0.4 is 5.73 Å². The zero-order chi connectivity index (χ0) is 12.3. The van der Waals surface area contributed by atoms with Gasteiger partial charge in [0.2, 0.25) is 0 Å². The molecule has 1 heterocycles. The van der Waals surface area contributed by atoms with Gasteiger partial charge < -0.3 is 15.6 Å². The van der Waals surface area contributed by atoms with E-state index in [4.69, 9.17) is 10.5 Å². The third-order valence-electron chi connectivity index (χ3n) is 3.81. The molecule has 1 rings (SSSR count). The van der Waals surface area contributed by atoms with E-state index in [-0.39, 0.29) is 24.7 Å². The Morgan fingerprint density at radius 1 is 1.56 bits per heavy atom. The fourth-order valence-electron chi connectivity index (χ4n) is 2.42. The molecule has 0 amide bonds. The van der Waals surface area contributed by atoms with E-state index in [2.05, 4.69) is 0 Å². The van der Waals surface area contributed by atoms with Crippen LogP contribution in [0.4, 0.5) is 0 Å². The summed E-state index contributed by atoms with van der Waals surface area (Å²) in [7, 11) is 0. The van der Waals surface area contributed by atoms with Crippen molar-refractivity contribution in [1.29, 1.82) is 0 Å². The van der Waals surface area contributed by atoms with E-state index in [1.807, 2.05) is 20.8 Å². The lowest BCUT2D eigenvalue weighted by molar-refractivity contribution is -0.154. The summed E-state index contributed by atoms with van der Waals surface area (Å²) in [6.45, 7) is 6.03. The quantitative estimate of drug-likeness (QED) is 0.751. The molecule has 3 N–H and O–H groups in total. The van der Waals surface area contributed by atoms with Crippen LogP contribution >= 0.6 is 0 Å². The molecule has 0 aliphatic carbocycles. The van der Waals surface area contributed by atoms with Crippen molar-refractivity contribution in [2.75, 3.05) is 6.54 Å². The van der Waals surface area contributed by atoms with Gasteiger partial charge in [0.25, 0.3) is 0 Å². The number of hydrogen-bond acceptors (Lipinski definition) is 3. The van der Waals surface area contributed by atoms with Gasteiger partial charge in [0.1, 0.15) is 0 Å². The summed E-state index contributed by atoms with van der Waals surface area (Å²) >= 11 is 0. The second-order valence-electron chi connectivity index (χ2n) is 5.17. The Hall–Kier alpha value is -0.610. The van der Waals surface area contributed by atoms with Gasteiger partial charge in [0.15, 0.2) is 0 Å². The van der Waals surface area contributed by atoms with Crippen LogP contribution in [0, 0.1) is 11.3 Å². The SMILES string of the molecule is CC1CCC(CC(CN)(C(=O)O)C(C)C)O1. The topological polar surface area (TPSA) is 72.6 Å². The maximum atomic E-state index is 11.4. The summed E-state index contributed by atoms with van der Waals surface area (Å²) in [5.41, 5.74) is 4.85. The summed E-state index contributed by atoms with van der Waals surface area (Å²) in [5.74, 6) is -0.775. The zero-order valence-electron chi connectivity index (χ0n) is 10.4. The minimum Gasteiger partial charge on any atom is -0.481 e. The fraction of sp³-hybridized carbons (Fsp3) is 0.917. The van der Waals surface area contributed by atoms with Crippen LogP contribution in [0.3, 0.4) is 0 Å². The highest BCUT2D eigenvalue weighted by Gasteiger charge is 2.43. The first-order valence-electron chi connectivity index (χ1n) is 6.01. The molecule has 16 heavy (non-hydrogen) atoms. The van der Waals surface area contributed by atoms with Gasteiger partial charge in [-0.1, -0.05) is 13.8 Å². The Kier molecular flexibility index (Phi) is 4.33. The molecule has 4 heteroatoms. The molecule has 1 fully saturated rings. The second-order valence-corrected chi connectivity index (χ2v) is 5.17. The van der Waals surface area contributed by atoms with E-state index in [0.29, 0.717) is 6.42 Å². The van der Waals surface area contributed by atoms with Crippen LogP contribution in [0.15, 0.2) is 0 Å². The summed E-state index contributed by atoms with van der Waals surface area (Å²) < 4.78 is 5.70. The van der Waals surface area contributed by atoms with Crippen molar-refractivity contribution in [2.24, 2.45) is 17.1 Å². The van der Waals surface area contributed by atoms with Crippen molar-refractivity contribution in [3.8, 4) is 0 Å². The van der Waals surface area contributed by atoms with Crippen molar-refractivity contribution in [1.82, 2.24) is 0 Å². The standard InChI is InChI=1S/C12H23NO3/c1-8(2)12(7-13,11(14)15)6-10-5-4-9(3)16-10/h8-10H,4-7,13H2,1-3H3,(H,14,15). The molecule has 0 bridgehead atoms. The van der Waals surface area contributed by atoms with E-state index in [1.54, 1.807) is 0 Å². The van der Waals surface area contributed by atoms with E-state index < -0.39 is 11.4 Å². The third kappa shape index (κ3) is 2.55. The lowest BCUT2D eigenvalue weighted by atomic mass is 9.73. The largest absolute Gasteiger partial charge is 0.481 e. The highest BCUT2D eigenvalue weighted by molar-refractivity contribution is 5.75. The van der Waals surface area contributed by atoms with Gasteiger partial charge in [-0.15, -0.1) is 0 Å². The zero-order valence-corrected chi connectivity index (χ0v) is 10.4. The van der Waals surface area contributed by atoms with Gasteiger partial charge in [-0.2, -0.15) is 0 Å². The van der Waals surface area contributed by atoms with Crippen molar-refractivity contribution in [3.63, 3.8) is 0 Å². The van der Waals surface area contributed by atoms with Crippen LogP contribution in [0.1, 0.15) is 40.0 Å². The minimum atomic E-state index is -0.839. The molecule has 4 nitrogen and oxygen atoms in total. The van der Waals surface area contributed by atoms with Crippen molar-refractivity contribution in [2.45, 2.75) is 52.2 Å². The highest BCUT2D eigenvalue weighted by atomic mass is 16.5. The van der Waals surface area contributed by atoms with E-state index in [0.717, 1.165) is 12.8 Å². The van der Waals surface area contributed by atoms with Crippen molar-refractivity contribution >= 4 is 5.97 Å². The first-order valence-corrected chi connectivity index (χ1v) is 6.01. The molecule has 0 aromatic rings. The van der Waals surface area contributed by atoms with Gasteiger partial charge in [0.05, 0.1) is 17.6 Å². The minimum absolute atomic E-state index is 0.0227. The first-order chi connectivity index (χ1) is 7.42. The summed E-state index contributed by atoms with van der Waals surface area (Å²) in [6.07, 6.45) is 2.80. The van der Waals surface area contributed by atoms with Gasteiger partial charge in [-0.3, -0.25) is 4.79 Å². The smallest absolute Gasteiger partial charge is 0.311 e. The molecule has 1 aliphatic heterocycles. The van der Waals surface area contributed by atoms with Gasteiger partial charge in [-0.25, -0.2) is 0 Å². The molecule has 0 saturated carbocycles. The molecule has 3 atom stereocenters. The number of aliphatic carboxylic acids is 1. The summed E-state index contributed by atoms with van der Waals surface area (Å²) in [6, 6.07) is 0. The lowest BCUT2D eigenvalue weighted by Crippen LogP contribution is -2.45. The molecule has 94 valence electrons. The number of ether oxygens (including phenoxy) is 1. The molecule has 0 aromatic carbocycles. The van der Waals surface area contributed by atoms with Crippen LogP contribution in [-0.2, 0) is 9.53 Å². The lowest BCUT2D eigenvalue weighted by Gasteiger charge is -2.34. The van der Waals surface area contributed by atoms with Gasteiger partial charge in [0, 0.05) is 6.54 Å². The van der Waals surface area contributed by atoms with Crippen LogP contribution in [0.2, 0.25) is 0 Å². The average Bonchev–Trinajstić information content (AvgIpc) is 2.59. The second kappa shape index (κ2) is 5.15. The number of carboxylic acids is 1. The number of hydrogen-bond donors (Lipinski definition) is 2. The van der Waals surface area contributed by atoms with E-state index >= 15 is 0 Å². The Bertz CT molecular complexity index is 255. The highest BCUT2D eigenvalue weighted by Crippen LogP contribution is 2.36.